The van der Waals surface area contributed by atoms with Crippen LogP contribution in [-0.4, -0.2) is 30.8 Å². The number of rotatable bonds is 5. The van der Waals surface area contributed by atoms with E-state index in [-0.39, 0.29) is 6.10 Å². The van der Waals surface area contributed by atoms with E-state index in [2.05, 4.69) is 0 Å². The Hall–Kier alpha value is 0.270. The van der Waals surface area contributed by atoms with Crippen LogP contribution in [0, 0.1) is 0 Å². The molecule has 0 aromatic heterocycles. The zero-order valence-electron chi connectivity index (χ0n) is 7.23. The molecule has 0 spiro atoms. The van der Waals surface area contributed by atoms with Crippen LogP contribution in [0.4, 0.5) is 0 Å². The summed E-state index contributed by atoms with van der Waals surface area (Å²) in [6, 6.07) is 0. The fourth-order valence-corrected chi connectivity index (χ4v) is 1.66. The first-order chi connectivity index (χ1) is 5.83. The molecule has 12 heavy (non-hydrogen) atoms. The summed E-state index contributed by atoms with van der Waals surface area (Å²) in [6.07, 6.45) is 2.27. The maximum atomic E-state index is 9.07. The minimum atomic E-state index is -1.68. The summed E-state index contributed by atoms with van der Waals surface area (Å²) in [6.45, 7) is 3.56. The van der Waals surface area contributed by atoms with Gasteiger partial charge < -0.3 is 18.7 Å². The lowest BCUT2D eigenvalue weighted by molar-refractivity contribution is 0.0595. The van der Waals surface area contributed by atoms with Gasteiger partial charge in [-0.2, -0.15) is 0 Å². The Balaban J connectivity index is 1.99. The molecule has 0 aromatic rings. The lowest BCUT2D eigenvalue weighted by Crippen LogP contribution is -2.12. The van der Waals surface area contributed by atoms with Crippen LogP contribution >= 0.6 is 8.60 Å². The topological polar surface area (TPSA) is 47.9 Å². The van der Waals surface area contributed by atoms with Crippen LogP contribution in [0.2, 0.25) is 0 Å². The molecule has 2 unspecified atom stereocenters. The highest BCUT2D eigenvalue weighted by Crippen LogP contribution is 2.33. The normalized spacial score (nSPS) is 26.0. The summed E-state index contributed by atoms with van der Waals surface area (Å²) in [7, 11) is -1.68. The summed E-state index contributed by atoms with van der Waals surface area (Å²) in [5, 5.41) is 0. The lowest BCUT2D eigenvalue weighted by atomic mass is 10.2. The number of ether oxygens (including phenoxy) is 1. The largest absolute Gasteiger partial charge is 0.376 e. The molecule has 1 fully saturated rings. The molecule has 0 radical (unpaired) electrons. The fraction of sp³-hybridized carbons (Fsp3) is 1.00. The first-order valence-electron chi connectivity index (χ1n) is 4.19. The predicted octanol–water partition coefficient (Wildman–Crippen LogP) is 1.44. The first-order valence-corrected chi connectivity index (χ1v) is 5.32. The fourth-order valence-electron chi connectivity index (χ4n) is 1.07. The van der Waals surface area contributed by atoms with E-state index in [9.17, 15) is 0 Å². The van der Waals surface area contributed by atoms with Crippen LogP contribution in [0.25, 0.3) is 0 Å². The zero-order valence-corrected chi connectivity index (χ0v) is 8.13. The maximum Gasteiger partial charge on any atom is 0.329 e. The molecule has 0 aromatic carbocycles. The highest BCUT2D eigenvalue weighted by atomic mass is 31.2. The molecule has 5 heteroatoms. The Morgan fingerprint density at radius 1 is 1.58 bits per heavy atom. The van der Waals surface area contributed by atoms with Gasteiger partial charge in [-0.05, 0) is 19.8 Å². The van der Waals surface area contributed by atoms with Crippen molar-refractivity contribution in [3.8, 4) is 0 Å². The molecule has 2 atom stereocenters. The second-order valence-corrected chi connectivity index (χ2v) is 3.58. The SMILES string of the molecule is CCOP(O)OCC1CCCO1. The Morgan fingerprint density at radius 3 is 3.00 bits per heavy atom. The van der Waals surface area contributed by atoms with Crippen molar-refractivity contribution in [2.24, 2.45) is 0 Å². The lowest BCUT2D eigenvalue weighted by Gasteiger charge is -2.12. The third-order valence-corrected chi connectivity index (χ3v) is 2.48. The van der Waals surface area contributed by atoms with Crippen LogP contribution in [0.3, 0.4) is 0 Å². The third-order valence-electron chi connectivity index (χ3n) is 1.63. The molecule has 0 amide bonds. The van der Waals surface area contributed by atoms with Crippen molar-refractivity contribution < 1.29 is 18.7 Å². The highest BCUT2D eigenvalue weighted by Gasteiger charge is 2.17. The van der Waals surface area contributed by atoms with Gasteiger partial charge in [-0.15, -0.1) is 0 Å². The summed E-state index contributed by atoms with van der Waals surface area (Å²) in [5.41, 5.74) is 0. The van der Waals surface area contributed by atoms with Crippen LogP contribution in [0.1, 0.15) is 19.8 Å². The van der Waals surface area contributed by atoms with Crippen LogP contribution < -0.4 is 0 Å². The highest BCUT2D eigenvalue weighted by molar-refractivity contribution is 7.40. The van der Waals surface area contributed by atoms with E-state index < -0.39 is 8.60 Å². The van der Waals surface area contributed by atoms with E-state index in [1.807, 2.05) is 6.92 Å². The van der Waals surface area contributed by atoms with Gasteiger partial charge in [0.15, 0.2) is 0 Å². The van der Waals surface area contributed by atoms with Gasteiger partial charge in [0, 0.05) is 6.61 Å². The molecular weight excluding hydrogens is 179 g/mol. The Labute approximate surface area is 73.8 Å². The van der Waals surface area contributed by atoms with Crippen LogP contribution in [0.5, 0.6) is 0 Å². The van der Waals surface area contributed by atoms with E-state index >= 15 is 0 Å². The molecule has 1 saturated heterocycles. The molecule has 72 valence electrons. The second-order valence-electron chi connectivity index (χ2n) is 2.59. The zero-order chi connectivity index (χ0) is 8.81. The van der Waals surface area contributed by atoms with Crippen molar-refractivity contribution in [1.29, 1.82) is 0 Å². The summed E-state index contributed by atoms with van der Waals surface area (Å²) in [4.78, 5) is 9.07. The Kier molecular flexibility index (Phi) is 5.04. The summed E-state index contributed by atoms with van der Waals surface area (Å²) >= 11 is 0. The molecule has 1 aliphatic rings. The Bertz CT molecular complexity index is 116. The number of hydrogen-bond donors (Lipinski definition) is 1. The summed E-state index contributed by atoms with van der Waals surface area (Å²) in [5.74, 6) is 0. The van der Waals surface area contributed by atoms with Crippen molar-refractivity contribution >= 4 is 8.60 Å². The molecule has 4 nitrogen and oxygen atoms in total. The van der Waals surface area contributed by atoms with Crippen molar-refractivity contribution in [3.05, 3.63) is 0 Å². The molecule has 1 N–H and O–H groups in total. The second kappa shape index (κ2) is 5.84. The van der Waals surface area contributed by atoms with Crippen LogP contribution in [-0.2, 0) is 13.8 Å². The predicted molar refractivity (Wildman–Crippen MR) is 45.7 cm³/mol. The summed E-state index contributed by atoms with van der Waals surface area (Å²) < 4.78 is 15.2. The minimum Gasteiger partial charge on any atom is -0.376 e. The third kappa shape index (κ3) is 3.78. The van der Waals surface area contributed by atoms with Gasteiger partial charge in [-0.25, -0.2) is 0 Å². The van der Waals surface area contributed by atoms with Gasteiger partial charge in [0.25, 0.3) is 0 Å². The van der Waals surface area contributed by atoms with Crippen molar-refractivity contribution in [2.45, 2.75) is 25.9 Å². The van der Waals surface area contributed by atoms with Gasteiger partial charge in [0.05, 0.1) is 19.3 Å². The van der Waals surface area contributed by atoms with E-state index in [1.165, 1.54) is 0 Å². The molecular formula is C7H15O4P. The minimum absolute atomic E-state index is 0.155. The van der Waals surface area contributed by atoms with E-state index in [1.54, 1.807) is 0 Å². The van der Waals surface area contributed by atoms with E-state index in [4.69, 9.17) is 18.7 Å². The first kappa shape index (κ1) is 10.4. The standard InChI is InChI=1S/C7H15O4P/c1-2-10-12(8)11-6-7-4-3-5-9-7/h7-8H,2-6H2,1H3. The smallest absolute Gasteiger partial charge is 0.329 e. The van der Waals surface area contributed by atoms with Gasteiger partial charge in [0.2, 0.25) is 0 Å². The molecule has 0 aliphatic carbocycles. The molecule has 1 rings (SSSR count). The van der Waals surface area contributed by atoms with Crippen molar-refractivity contribution in [2.75, 3.05) is 19.8 Å². The van der Waals surface area contributed by atoms with Gasteiger partial charge in [-0.1, -0.05) is 0 Å². The molecule has 1 heterocycles. The van der Waals surface area contributed by atoms with Gasteiger partial charge >= 0.3 is 8.60 Å². The Morgan fingerprint density at radius 2 is 2.42 bits per heavy atom. The van der Waals surface area contributed by atoms with Crippen LogP contribution in [0.15, 0.2) is 0 Å². The average molecular weight is 194 g/mol. The van der Waals surface area contributed by atoms with Crippen molar-refractivity contribution in [1.82, 2.24) is 0 Å². The van der Waals surface area contributed by atoms with Gasteiger partial charge in [0.1, 0.15) is 0 Å². The quantitative estimate of drug-likeness (QED) is 0.672. The molecule has 0 bridgehead atoms. The van der Waals surface area contributed by atoms with E-state index in [0.29, 0.717) is 13.2 Å². The van der Waals surface area contributed by atoms with Gasteiger partial charge in [-0.3, -0.25) is 0 Å². The number of hydrogen-bond acceptors (Lipinski definition) is 4. The molecule has 0 saturated carbocycles. The molecule has 1 aliphatic heterocycles. The van der Waals surface area contributed by atoms with E-state index in [0.717, 1.165) is 19.4 Å². The monoisotopic (exact) mass is 194 g/mol. The average Bonchev–Trinajstić information content (AvgIpc) is 2.53. The maximum absolute atomic E-state index is 9.07. The van der Waals surface area contributed by atoms with Crippen molar-refractivity contribution in [3.63, 3.8) is 0 Å².